The van der Waals surface area contributed by atoms with Crippen LogP contribution in [0, 0.1) is 5.82 Å². The Balaban J connectivity index is 0.00000144. The molecule has 0 saturated heterocycles. The van der Waals surface area contributed by atoms with E-state index in [1.165, 1.54) is 18.2 Å². The van der Waals surface area contributed by atoms with Crippen molar-refractivity contribution in [2.24, 2.45) is 0 Å². The average molecular weight is 263 g/mol. The van der Waals surface area contributed by atoms with Crippen molar-refractivity contribution in [1.29, 1.82) is 0 Å². The van der Waals surface area contributed by atoms with Crippen LogP contribution in [0.1, 0.15) is 5.76 Å². The van der Waals surface area contributed by atoms with Crippen molar-refractivity contribution in [3.8, 4) is 11.3 Å². The molecule has 2 rings (SSSR count). The normalized spacial score (nSPS) is 11.9. The van der Waals surface area contributed by atoms with Crippen molar-refractivity contribution in [2.75, 3.05) is 0 Å². The molecular formula is C10H7FNNaO3S. The van der Waals surface area contributed by atoms with E-state index in [4.69, 9.17) is 4.52 Å². The van der Waals surface area contributed by atoms with Gasteiger partial charge in [0.05, 0.1) is 5.75 Å². The largest absolute Gasteiger partial charge is 1.00 e. The van der Waals surface area contributed by atoms with Crippen LogP contribution >= 0.6 is 0 Å². The predicted molar refractivity (Wildman–Crippen MR) is 54.5 cm³/mol. The van der Waals surface area contributed by atoms with Crippen LogP contribution in [0.5, 0.6) is 0 Å². The van der Waals surface area contributed by atoms with E-state index in [0.29, 0.717) is 11.3 Å². The van der Waals surface area contributed by atoms with Gasteiger partial charge < -0.3 is 9.08 Å². The summed E-state index contributed by atoms with van der Waals surface area (Å²) in [5.41, 5.74) is 1.16. The van der Waals surface area contributed by atoms with E-state index in [1.807, 2.05) is 0 Å². The Morgan fingerprint density at radius 3 is 2.59 bits per heavy atom. The number of aromatic nitrogens is 1. The van der Waals surface area contributed by atoms with Gasteiger partial charge in [0, 0.05) is 11.6 Å². The van der Waals surface area contributed by atoms with E-state index < -0.39 is 11.1 Å². The van der Waals surface area contributed by atoms with Gasteiger partial charge in [0.25, 0.3) is 0 Å². The summed E-state index contributed by atoms with van der Waals surface area (Å²) in [4.78, 5) is 0. The minimum Gasteiger partial charge on any atom is -0.772 e. The smallest absolute Gasteiger partial charge is 0.772 e. The topological polar surface area (TPSA) is 66.2 Å². The third kappa shape index (κ3) is 4.01. The second kappa shape index (κ2) is 6.42. The van der Waals surface area contributed by atoms with Crippen molar-refractivity contribution >= 4 is 11.1 Å². The van der Waals surface area contributed by atoms with Gasteiger partial charge in [-0.25, -0.2) is 4.39 Å². The maximum Gasteiger partial charge on any atom is 1.00 e. The van der Waals surface area contributed by atoms with Gasteiger partial charge in [-0.1, -0.05) is 5.16 Å². The fraction of sp³-hybridized carbons (Fsp3) is 0.100. The number of hydrogen-bond donors (Lipinski definition) is 0. The number of rotatable bonds is 3. The van der Waals surface area contributed by atoms with E-state index >= 15 is 0 Å². The van der Waals surface area contributed by atoms with Crippen molar-refractivity contribution < 1.29 is 47.2 Å². The van der Waals surface area contributed by atoms with Crippen LogP contribution in [0.3, 0.4) is 0 Å². The molecule has 0 bridgehead atoms. The monoisotopic (exact) mass is 263 g/mol. The van der Waals surface area contributed by atoms with Gasteiger partial charge in [-0.2, -0.15) is 0 Å². The Morgan fingerprint density at radius 2 is 2.00 bits per heavy atom. The van der Waals surface area contributed by atoms with Crippen LogP contribution in [0.15, 0.2) is 34.9 Å². The number of benzene rings is 1. The van der Waals surface area contributed by atoms with Gasteiger partial charge in [0.15, 0.2) is 0 Å². The Morgan fingerprint density at radius 1 is 1.35 bits per heavy atom. The summed E-state index contributed by atoms with van der Waals surface area (Å²) in [6, 6.07) is 7.21. The van der Waals surface area contributed by atoms with Crippen LogP contribution in [-0.2, 0) is 16.8 Å². The van der Waals surface area contributed by atoms with E-state index in [9.17, 15) is 13.2 Å². The Bertz CT molecular complexity index is 515. The molecule has 1 unspecified atom stereocenters. The molecule has 0 fully saturated rings. The molecule has 0 saturated carbocycles. The SMILES string of the molecule is O=S([O-])Cc1cc(-c2ccc(F)cc2)no1.[Na+]. The molecule has 4 nitrogen and oxygen atoms in total. The van der Waals surface area contributed by atoms with E-state index in [0.717, 1.165) is 0 Å². The summed E-state index contributed by atoms with van der Waals surface area (Å²) in [6.45, 7) is 0. The van der Waals surface area contributed by atoms with Gasteiger partial charge in [-0.15, -0.1) is 0 Å². The van der Waals surface area contributed by atoms with Crippen molar-refractivity contribution in [3.63, 3.8) is 0 Å². The van der Waals surface area contributed by atoms with Crippen LogP contribution in [0.2, 0.25) is 0 Å². The molecular weight excluding hydrogens is 256 g/mol. The van der Waals surface area contributed by atoms with Gasteiger partial charge in [-0.3, -0.25) is 4.21 Å². The quantitative estimate of drug-likeness (QED) is 0.519. The molecule has 0 spiro atoms. The molecule has 0 aliphatic heterocycles. The second-order valence-electron chi connectivity index (χ2n) is 3.13. The third-order valence-corrected chi connectivity index (χ3v) is 2.48. The zero-order chi connectivity index (χ0) is 11.5. The maximum atomic E-state index is 12.7. The molecule has 1 aromatic carbocycles. The molecule has 0 amide bonds. The average Bonchev–Trinajstić information content (AvgIpc) is 2.66. The van der Waals surface area contributed by atoms with Crippen LogP contribution in [-0.4, -0.2) is 13.9 Å². The standard InChI is InChI=1S/C10H8FNO3S.Na/c11-8-3-1-7(2-4-8)10-5-9(15-12-10)6-16(13)14;/h1-5H,6H2,(H,13,14);/q;+1/p-1. The first kappa shape index (κ1) is 14.5. The summed E-state index contributed by atoms with van der Waals surface area (Å²) in [5.74, 6) is -0.297. The van der Waals surface area contributed by atoms with Crippen LogP contribution in [0.4, 0.5) is 4.39 Å². The number of hydrogen-bond acceptors (Lipinski definition) is 4. The third-order valence-electron chi connectivity index (χ3n) is 1.96. The van der Waals surface area contributed by atoms with Crippen molar-refractivity contribution in [3.05, 3.63) is 41.9 Å². The molecule has 0 radical (unpaired) electrons. The van der Waals surface area contributed by atoms with E-state index in [-0.39, 0.29) is 46.9 Å². The zero-order valence-corrected chi connectivity index (χ0v) is 11.9. The molecule has 2 aromatic rings. The number of halogens is 1. The Labute approximate surface area is 122 Å². The first-order valence-corrected chi connectivity index (χ1v) is 5.67. The summed E-state index contributed by atoms with van der Waals surface area (Å²) in [5, 5.41) is 3.70. The van der Waals surface area contributed by atoms with E-state index in [1.54, 1.807) is 12.1 Å². The molecule has 1 atom stereocenters. The predicted octanol–water partition coefficient (Wildman–Crippen LogP) is -1.14. The summed E-state index contributed by atoms with van der Waals surface area (Å²) in [6.07, 6.45) is 0. The van der Waals surface area contributed by atoms with Crippen molar-refractivity contribution in [1.82, 2.24) is 5.16 Å². The Hall–Kier alpha value is -0.530. The summed E-state index contributed by atoms with van der Waals surface area (Å²) < 4.78 is 38.3. The van der Waals surface area contributed by atoms with Gasteiger partial charge in [0.2, 0.25) is 0 Å². The second-order valence-corrected chi connectivity index (χ2v) is 4.03. The van der Waals surface area contributed by atoms with Crippen LogP contribution < -0.4 is 29.6 Å². The fourth-order valence-electron chi connectivity index (χ4n) is 1.25. The van der Waals surface area contributed by atoms with Gasteiger partial charge in [-0.05, 0) is 35.3 Å². The molecule has 84 valence electrons. The first-order valence-electron chi connectivity index (χ1n) is 4.42. The molecule has 0 aliphatic carbocycles. The van der Waals surface area contributed by atoms with Crippen LogP contribution in [0.25, 0.3) is 11.3 Å². The van der Waals surface area contributed by atoms with Gasteiger partial charge >= 0.3 is 29.6 Å². The molecule has 1 aromatic heterocycles. The van der Waals surface area contributed by atoms with E-state index in [2.05, 4.69) is 5.16 Å². The summed E-state index contributed by atoms with van der Waals surface area (Å²) >= 11 is -2.21. The zero-order valence-electron chi connectivity index (χ0n) is 9.05. The van der Waals surface area contributed by atoms with Gasteiger partial charge in [0.1, 0.15) is 17.3 Å². The maximum absolute atomic E-state index is 12.7. The van der Waals surface area contributed by atoms with Crippen molar-refractivity contribution in [2.45, 2.75) is 5.75 Å². The first-order chi connectivity index (χ1) is 7.65. The molecule has 0 N–H and O–H groups in total. The molecule has 17 heavy (non-hydrogen) atoms. The minimum absolute atomic E-state index is 0. The number of nitrogens with zero attached hydrogens (tertiary/aromatic N) is 1. The minimum atomic E-state index is -2.21. The Kier molecular flexibility index (Phi) is 5.48. The molecule has 1 heterocycles. The fourth-order valence-corrected chi connectivity index (χ4v) is 1.62. The molecule has 7 heteroatoms. The molecule has 0 aliphatic rings. The summed E-state index contributed by atoms with van der Waals surface area (Å²) in [7, 11) is 0.